The molecule has 5 unspecified atom stereocenters. The Kier molecular flexibility index (Phi) is 10.6. The van der Waals surface area contributed by atoms with Gasteiger partial charge in [-0.25, -0.2) is 0 Å². The molecule has 0 amide bonds. The summed E-state index contributed by atoms with van der Waals surface area (Å²) in [7, 11) is 1.63. The molecule has 5 fully saturated rings. The van der Waals surface area contributed by atoms with Crippen LogP contribution in [0.2, 0.25) is 0 Å². The summed E-state index contributed by atoms with van der Waals surface area (Å²) in [4.78, 5) is 37.4. The molecule has 5 aliphatic rings. The largest absolute Gasteiger partial charge is 0.481 e. The van der Waals surface area contributed by atoms with Crippen molar-refractivity contribution in [3.05, 3.63) is 12.2 Å². The third-order valence-corrected chi connectivity index (χ3v) is 16.1. The van der Waals surface area contributed by atoms with Crippen LogP contribution in [0.3, 0.4) is 0 Å². The fourth-order valence-electron chi connectivity index (χ4n) is 13.6. The van der Waals surface area contributed by atoms with Crippen molar-refractivity contribution in [3.63, 3.8) is 0 Å². The molecule has 7 nitrogen and oxygen atoms in total. The molecule has 0 aromatic rings. The van der Waals surface area contributed by atoms with Crippen LogP contribution in [0.5, 0.6) is 0 Å². The van der Waals surface area contributed by atoms with Gasteiger partial charge in [-0.15, -0.1) is 0 Å². The Morgan fingerprint density at radius 2 is 1.53 bits per heavy atom. The predicted molar refractivity (Wildman–Crippen MR) is 192 cm³/mol. The molecule has 5 saturated carbocycles. The van der Waals surface area contributed by atoms with E-state index in [1.54, 1.807) is 7.11 Å². The van der Waals surface area contributed by atoms with Gasteiger partial charge in [0.2, 0.25) is 0 Å². The molecule has 7 heteroatoms. The summed E-state index contributed by atoms with van der Waals surface area (Å²) in [5.41, 5.74) is 1.32. The van der Waals surface area contributed by atoms with E-state index in [4.69, 9.17) is 14.2 Å². The highest BCUT2D eigenvalue weighted by Gasteiger charge is 2.71. The van der Waals surface area contributed by atoms with Crippen molar-refractivity contribution >= 4 is 17.9 Å². The molecule has 0 aliphatic heterocycles. The average molecular weight is 685 g/mol. The topological polar surface area (TPSA) is 99.1 Å². The minimum Gasteiger partial charge on any atom is -0.481 e. The Bertz CT molecular complexity index is 1290. The smallest absolute Gasteiger partial charge is 0.306 e. The van der Waals surface area contributed by atoms with Crippen molar-refractivity contribution in [3.8, 4) is 0 Å². The van der Waals surface area contributed by atoms with Gasteiger partial charge in [0, 0.05) is 18.9 Å². The van der Waals surface area contributed by atoms with E-state index in [0.717, 1.165) is 25.7 Å². The zero-order chi connectivity index (χ0) is 36.2. The lowest BCUT2D eigenvalue weighted by atomic mass is 9.32. The summed E-state index contributed by atoms with van der Waals surface area (Å²) in [6.45, 7) is 23.8. The van der Waals surface area contributed by atoms with Gasteiger partial charge in [-0.2, -0.15) is 0 Å². The lowest BCUT2D eigenvalue weighted by Crippen LogP contribution is -2.66. The molecule has 278 valence electrons. The highest BCUT2D eigenvalue weighted by molar-refractivity contribution is 5.73. The molecule has 0 spiro atoms. The average Bonchev–Trinajstić information content (AvgIpc) is 3.37. The Morgan fingerprint density at radius 3 is 2.18 bits per heavy atom. The van der Waals surface area contributed by atoms with Gasteiger partial charge in [-0.3, -0.25) is 14.4 Å². The molecule has 0 saturated heterocycles. The van der Waals surface area contributed by atoms with E-state index in [0.29, 0.717) is 49.2 Å². The number of esters is 2. The summed E-state index contributed by atoms with van der Waals surface area (Å²) in [6, 6.07) is 0. The van der Waals surface area contributed by atoms with Crippen LogP contribution in [0.4, 0.5) is 0 Å². The molecular formula is C42H68O7. The number of ether oxygens (including phenoxy) is 3. The Balaban J connectivity index is 1.36. The van der Waals surface area contributed by atoms with Crippen LogP contribution in [0, 0.1) is 62.1 Å². The first-order valence-corrected chi connectivity index (χ1v) is 19.5. The number of hydrogen-bond donors (Lipinski definition) is 1. The summed E-state index contributed by atoms with van der Waals surface area (Å²) in [5, 5.41) is 9.33. The summed E-state index contributed by atoms with van der Waals surface area (Å²) >= 11 is 0. The number of carboxylic acid groups (broad SMARTS) is 1. The first-order chi connectivity index (χ1) is 22.8. The van der Waals surface area contributed by atoms with Gasteiger partial charge >= 0.3 is 17.9 Å². The van der Waals surface area contributed by atoms with Crippen molar-refractivity contribution in [2.45, 2.75) is 151 Å². The Labute approximate surface area is 297 Å². The van der Waals surface area contributed by atoms with Crippen molar-refractivity contribution < 1.29 is 33.7 Å². The summed E-state index contributed by atoms with van der Waals surface area (Å²) < 4.78 is 16.9. The molecule has 5 rings (SSSR count). The number of carbonyl (C=O) groups excluding carboxylic acids is 2. The summed E-state index contributed by atoms with van der Waals surface area (Å²) in [6.07, 6.45) is 12.9. The van der Waals surface area contributed by atoms with Crippen LogP contribution in [-0.4, -0.2) is 49.4 Å². The molecule has 0 aromatic carbocycles. The van der Waals surface area contributed by atoms with Gasteiger partial charge in [0.25, 0.3) is 0 Å². The lowest BCUT2D eigenvalue weighted by molar-refractivity contribution is -0.250. The first kappa shape index (κ1) is 38.3. The monoisotopic (exact) mass is 684 g/mol. The summed E-state index contributed by atoms with van der Waals surface area (Å²) in [5.74, 6) is 1.53. The third-order valence-electron chi connectivity index (χ3n) is 16.1. The molecule has 0 bridgehead atoms. The van der Waals surface area contributed by atoms with Crippen molar-refractivity contribution in [2.75, 3.05) is 20.3 Å². The SMILES string of the molecule is C=C(C)C1CC[C@]2(CCC(=O)OCCOC)CC[C@]3(C)[C@H](CCC4[C@@]5(C)CCC(OC(=O)CC(C)(C)CC(=O)O)C(C)(C)C5CC[C@]43C)C12. The number of methoxy groups -OCH3 is 1. The Morgan fingerprint density at radius 1 is 0.816 bits per heavy atom. The molecule has 1 N–H and O–H groups in total. The number of fused-ring (bicyclic) bond motifs is 7. The zero-order valence-electron chi connectivity index (χ0n) is 32.4. The highest BCUT2D eigenvalue weighted by atomic mass is 16.6. The maximum Gasteiger partial charge on any atom is 0.306 e. The zero-order valence-corrected chi connectivity index (χ0v) is 32.4. The van der Waals surface area contributed by atoms with Gasteiger partial charge < -0.3 is 19.3 Å². The van der Waals surface area contributed by atoms with Gasteiger partial charge in [0.1, 0.15) is 12.7 Å². The molecule has 10 atom stereocenters. The maximum absolute atomic E-state index is 13.2. The highest BCUT2D eigenvalue weighted by Crippen LogP contribution is 2.78. The molecule has 0 radical (unpaired) electrons. The van der Waals surface area contributed by atoms with Crippen LogP contribution < -0.4 is 0 Å². The minimum absolute atomic E-state index is 0.0482. The van der Waals surface area contributed by atoms with Crippen LogP contribution in [0.25, 0.3) is 0 Å². The number of hydrogen-bond acceptors (Lipinski definition) is 6. The molecule has 5 aliphatic carbocycles. The first-order valence-electron chi connectivity index (χ1n) is 19.5. The molecular weight excluding hydrogens is 616 g/mol. The van der Waals surface area contributed by atoms with Crippen molar-refractivity contribution in [1.29, 1.82) is 0 Å². The standard InChI is InChI=1S/C42H68O7/c1-27(2)28-13-19-42(20-16-34(45)48-24-23-47-10)22-21-40(8)29(36(28)42)11-12-31-39(7)17-15-32(38(5,6)30(39)14-18-41(31,40)9)49-35(46)26-37(3,4)25-33(43)44/h28-32,36H,1,11-26H2,2-10H3,(H,43,44)/t28?,29-,30?,31?,32?,36?,39+,40-,41-,42+/m1/s1. The van der Waals surface area contributed by atoms with Gasteiger partial charge in [0.15, 0.2) is 0 Å². The van der Waals surface area contributed by atoms with E-state index in [9.17, 15) is 19.5 Å². The fraction of sp³-hybridized carbons (Fsp3) is 0.881. The minimum atomic E-state index is -0.884. The second-order valence-electron chi connectivity index (χ2n) is 19.5. The van der Waals surface area contributed by atoms with Gasteiger partial charge in [-0.1, -0.05) is 60.6 Å². The second-order valence-corrected chi connectivity index (χ2v) is 19.5. The maximum atomic E-state index is 13.2. The van der Waals surface area contributed by atoms with Crippen LogP contribution >= 0.6 is 0 Å². The van der Waals surface area contributed by atoms with E-state index < -0.39 is 11.4 Å². The fourth-order valence-corrected chi connectivity index (χ4v) is 13.6. The predicted octanol–water partition coefficient (Wildman–Crippen LogP) is 9.42. The number of carbonyl (C=O) groups is 3. The molecule has 0 aromatic heterocycles. The normalized spacial score (nSPS) is 41.0. The Hall–Kier alpha value is -1.89. The lowest BCUT2D eigenvalue weighted by Gasteiger charge is -2.73. The van der Waals surface area contributed by atoms with E-state index in [1.165, 1.54) is 50.5 Å². The van der Waals surface area contributed by atoms with Crippen molar-refractivity contribution in [1.82, 2.24) is 0 Å². The van der Waals surface area contributed by atoms with Gasteiger partial charge in [-0.05, 0) is 134 Å². The quantitative estimate of drug-likeness (QED) is 0.124. The van der Waals surface area contributed by atoms with E-state index >= 15 is 0 Å². The van der Waals surface area contributed by atoms with Crippen LogP contribution in [0.1, 0.15) is 145 Å². The van der Waals surface area contributed by atoms with E-state index in [1.807, 2.05) is 13.8 Å². The van der Waals surface area contributed by atoms with E-state index in [-0.39, 0.29) is 58.0 Å². The number of rotatable bonds is 12. The number of allylic oxidation sites excluding steroid dienone is 1. The number of carboxylic acids is 1. The van der Waals surface area contributed by atoms with E-state index in [2.05, 4.69) is 48.1 Å². The van der Waals surface area contributed by atoms with Crippen molar-refractivity contribution in [2.24, 2.45) is 62.1 Å². The third kappa shape index (κ3) is 6.65. The molecule has 0 heterocycles. The number of aliphatic carboxylic acids is 1. The second kappa shape index (κ2) is 13.6. The van der Waals surface area contributed by atoms with Crippen LogP contribution in [-0.2, 0) is 28.6 Å². The van der Waals surface area contributed by atoms with Gasteiger partial charge in [0.05, 0.1) is 19.4 Å². The van der Waals surface area contributed by atoms with Crippen LogP contribution in [0.15, 0.2) is 12.2 Å². The molecule has 49 heavy (non-hydrogen) atoms.